The van der Waals surface area contributed by atoms with Crippen LogP contribution in [-0.4, -0.2) is 28.6 Å². The SMILES string of the molecule is O=C(O)C1=CC=CN(CC2CCCCCC2)C1CCCCc1cccc(C(F)(F)F)c1. The number of benzene rings is 1. The van der Waals surface area contributed by atoms with Crippen LogP contribution in [0, 0.1) is 5.92 Å². The summed E-state index contributed by atoms with van der Waals surface area (Å²) in [5.41, 5.74) is 0.464. The Morgan fingerprint density at radius 1 is 1.10 bits per heavy atom. The topological polar surface area (TPSA) is 40.5 Å². The molecular formula is C25H32F3NO2. The summed E-state index contributed by atoms with van der Waals surface area (Å²) in [6.45, 7) is 0.874. The van der Waals surface area contributed by atoms with E-state index < -0.39 is 17.7 Å². The lowest BCUT2D eigenvalue weighted by Gasteiger charge is -2.36. The van der Waals surface area contributed by atoms with Crippen molar-refractivity contribution in [2.24, 2.45) is 5.92 Å². The normalized spacial score (nSPS) is 20.4. The lowest BCUT2D eigenvalue weighted by Crippen LogP contribution is -2.39. The van der Waals surface area contributed by atoms with Gasteiger partial charge in [-0.25, -0.2) is 4.79 Å². The molecule has 3 rings (SSSR count). The number of hydrogen-bond acceptors (Lipinski definition) is 2. The van der Waals surface area contributed by atoms with Gasteiger partial charge in [0.2, 0.25) is 0 Å². The molecule has 0 saturated heterocycles. The Morgan fingerprint density at radius 3 is 2.52 bits per heavy atom. The van der Waals surface area contributed by atoms with Crippen LogP contribution in [0.2, 0.25) is 0 Å². The first-order valence-corrected chi connectivity index (χ1v) is 11.4. The zero-order valence-electron chi connectivity index (χ0n) is 17.9. The number of hydrogen-bond donors (Lipinski definition) is 1. The molecule has 31 heavy (non-hydrogen) atoms. The number of alkyl halides is 3. The van der Waals surface area contributed by atoms with Crippen molar-refractivity contribution in [3.05, 3.63) is 59.3 Å². The second kappa shape index (κ2) is 10.9. The third kappa shape index (κ3) is 6.88. The summed E-state index contributed by atoms with van der Waals surface area (Å²) in [4.78, 5) is 14.0. The van der Waals surface area contributed by atoms with Gasteiger partial charge in [0.1, 0.15) is 0 Å². The molecule has 0 radical (unpaired) electrons. The Kier molecular flexibility index (Phi) is 8.22. The zero-order valence-corrected chi connectivity index (χ0v) is 17.9. The van der Waals surface area contributed by atoms with Crippen LogP contribution in [0.3, 0.4) is 0 Å². The van der Waals surface area contributed by atoms with Crippen molar-refractivity contribution in [1.82, 2.24) is 4.90 Å². The number of allylic oxidation sites excluding steroid dienone is 2. The molecule has 1 aliphatic heterocycles. The van der Waals surface area contributed by atoms with Crippen LogP contribution in [0.4, 0.5) is 13.2 Å². The second-order valence-corrected chi connectivity index (χ2v) is 8.78. The van der Waals surface area contributed by atoms with Gasteiger partial charge in [-0.15, -0.1) is 0 Å². The first kappa shape index (κ1) is 23.4. The van der Waals surface area contributed by atoms with Crippen LogP contribution < -0.4 is 0 Å². The van der Waals surface area contributed by atoms with Crippen LogP contribution in [0.25, 0.3) is 0 Å². The van der Waals surface area contributed by atoms with Crippen molar-refractivity contribution >= 4 is 5.97 Å². The summed E-state index contributed by atoms with van der Waals surface area (Å²) in [7, 11) is 0. The maximum atomic E-state index is 12.9. The van der Waals surface area contributed by atoms with Gasteiger partial charge in [0.25, 0.3) is 0 Å². The van der Waals surface area contributed by atoms with Gasteiger partial charge in [-0.3, -0.25) is 0 Å². The van der Waals surface area contributed by atoms with E-state index in [-0.39, 0.29) is 6.04 Å². The van der Waals surface area contributed by atoms with E-state index in [4.69, 9.17) is 0 Å². The minimum absolute atomic E-state index is 0.174. The van der Waals surface area contributed by atoms with E-state index in [1.54, 1.807) is 12.1 Å². The molecule has 0 bridgehead atoms. The molecule has 1 aliphatic carbocycles. The van der Waals surface area contributed by atoms with E-state index in [0.29, 0.717) is 29.9 Å². The minimum Gasteiger partial charge on any atom is -0.478 e. The van der Waals surface area contributed by atoms with E-state index in [2.05, 4.69) is 4.90 Å². The zero-order chi connectivity index (χ0) is 22.3. The maximum absolute atomic E-state index is 12.9. The summed E-state index contributed by atoms with van der Waals surface area (Å²) in [5.74, 6) is -0.300. The van der Waals surface area contributed by atoms with Gasteiger partial charge in [0, 0.05) is 6.54 Å². The van der Waals surface area contributed by atoms with E-state index in [0.717, 1.165) is 25.5 Å². The highest BCUT2D eigenvalue weighted by atomic mass is 19.4. The van der Waals surface area contributed by atoms with Gasteiger partial charge in [-0.1, -0.05) is 50.3 Å². The lowest BCUT2D eigenvalue weighted by atomic mass is 9.93. The van der Waals surface area contributed by atoms with Crippen LogP contribution in [0.15, 0.2) is 48.2 Å². The Bertz CT molecular complexity index is 792. The first-order valence-electron chi connectivity index (χ1n) is 11.4. The number of carbonyl (C=O) groups is 1. The van der Waals surface area contributed by atoms with Crippen molar-refractivity contribution < 1.29 is 23.1 Å². The molecule has 1 aromatic rings. The molecule has 1 saturated carbocycles. The summed E-state index contributed by atoms with van der Waals surface area (Å²) in [6, 6.07) is 5.30. The molecular weight excluding hydrogens is 403 g/mol. The molecule has 0 aromatic heterocycles. The van der Waals surface area contributed by atoms with Gasteiger partial charge in [0.15, 0.2) is 0 Å². The third-order valence-corrected chi connectivity index (χ3v) is 6.45. The van der Waals surface area contributed by atoms with Gasteiger partial charge >= 0.3 is 12.1 Å². The van der Waals surface area contributed by atoms with Crippen LogP contribution in [0.5, 0.6) is 0 Å². The van der Waals surface area contributed by atoms with Gasteiger partial charge in [-0.2, -0.15) is 13.2 Å². The van der Waals surface area contributed by atoms with Crippen molar-refractivity contribution in [1.29, 1.82) is 0 Å². The summed E-state index contributed by atoms with van der Waals surface area (Å²) >= 11 is 0. The number of nitrogens with zero attached hydrogens (tertiary/aromatic N) is 1. The van der Waals surface area contributed by atoms with Crippen LogP contribution in [-0.2, 0) is 17.4 Å². The Morgan fingerprint density at radius 2 is 1.84 bits per heavy atom. The standard InChI is InChI=1S/C25H32F3NO2/c26-25(27,28)21-13-7-12-19(17-21)9-5-6-15-23-22(24(30)31)14-8-16-29(23)18-20-10-3-1-2-4-11-20/h7-8,12-14,16-17,20,23H,1-6,9-11,15,18H2,(H,30,31). The summed E-state index contributed by atoms with van der Waals surface area (Å²) < 4.78 is 38.7. The highest BCUT2D eigenvalue weighted by molar-refractivity contribution is 5.88. The van der Waals surface area contributed by atoms with Crippen molar-refractivity contribution in [3.8, 4) is 0 Å². The first-order chi connectivity index (χ1) is 14.8. The van der Waals surface area contributed by atoms with Crippen LogP contribution in [0.1, 0.15) is 68.9 Å². The summed E-state index contributed by atoms with van der Waals surface area (Å²) in [6.07, 6.45) is 11.4. The summed E-state index contributed by atoms with van der Waals surface area (Å²) in [5, 5.41) is 9.68. The second-order valence-electron chi connectivity index (χ2n) is 8.78. The number of carboxylic acid groups (broad SMARTS) is 1. The molecule has 1 unspecified atom stereocenters. The fourth-order valence-electron chi connectivity index (χ4n) is 4.79. The number of aliphatic carboxylic acids is 1. The Balaban J connectivity index is 1.57. The molecule has 1 heterocycles. The number of rotatable bonds is 8. The fourth-order valence-corrected chi connectivity index (χ4v) is 4.79. The molecule has 2 aliphatic rings. The number of aryl methyl sites for hydroxylation is 1. The molecule has 0 amide bonds. The van der Waals surface area contributed by atoms with Gasteiger partial charge in [0.05, 0.1) is 17.2 Å². The minimum atomic E-state index is -4.33. The van der Waals surface area contributed by atoms with Crippen molar-refractivity contribution in [3.63, 3.8) is 0 Å². The molecule has 0 spiro atoms. The smallest absolute Gasteiger partial charge is 0.416 e. The third-order valence-electron chi connectivity index (χ3n) is 6.45. The highest BCUT2D eigenvalue weighted by Gasteiger charge is 2.30. The van der Waals surface area contributed by atoms with Crippen molar-refractivity contribution in [2.45, 2.75) is 76.4 Å². The lowest BCUT2D eigenvalue weighted by molar-refractivity contribution is -0.137. The van der Waals surface area contributed by atoms with E-state index >= 15 is 0 Å². The average Bonchev–Trinajstić information content (AvgIpc) is 3.00. The number of unbranched alkanes of at least 4 members (excludes halogenated alkanes) is 1. The van der Waals surface area contributed by atoms with E-state index in [1.807, 2.05) is 12.3 Å². The number of halogens is 3. The predicted octanol–water partition coefficient (Wildman–Crippen LogP) is 6.60. The largest absolute Gasteiger partial charge is 0.478 e. The molecule has 1 N–H and O–H groups in total. The molecule has 170 valence electrons. The van der Waals surface area contributed by atoms with Crippen molar-refractivity contribution in [2.75, 3.05) is 6.54 Å². The van der Waals surface area contributed by atoms with Gasteiger partial charge in [-0.05, 0) is 68.0 Å². The molecule has 3 nitrogen and oxygen atoms in total. The van der Waals surface area contributed by atoms with Crippen LogP contribution >= 0.6 is 0 Å². The Hall–Kier alpha value is -2.24. The van der Waals surface area contributed by atoms with Gasteiger partial charge < -0.3 is 10.0 Å². The van der Waals surface area contributed by atoms with E-state index in [9.17, 15) is 23.1 Å². The fraction of sp³-hybridized carbons (Fsp3) is 0.560. The molecule has 6 heteroatoms. The quantitative estimate of drug-likeness (QED) is 0.370. The average molecular weight is 436 g/mol. The monoisotopic (exact) mass is 435 g/mol. The molecule has 1 aromatic carbocycles. The number of carboxylic acids is 1. The Labute approximate surface area is 182 Å². The highest BCUT2D eigenvalue weighted by Crippen LogP contribution is 2.31. The molecule has 1 atom stereocenters. The maximum Gasteiger partial charge on any atom is 0.416 e. The predicted molar refractivity (Wildman–Crippen MR) is 116 cm³/mol. The van der Waals surface area contributed by atoms with E-state index in [1.165, 1.54) is 50.7 Å². The molecule has 1 fully saturated rings.